The van der Waals surface area contributed by atoms with Crippen LogP contribution >= 0.6 is 0 Å². The summed E-state index contributed by atoms with van der Waals surface area (Å²) in [6, 6.07) is 13.2. The third kappa shape index (κ3) is 5.33. The van der Waals surface area contributed by atoms with Gasteiger partial charge in [-0.1, -0.05) is 35.5 Å². The van der Waals surface area contributed by atoms with E-state index in [0.717, 1.165) is 61.4 Å². The maximum absolute atomic E-state index is 14.9. The minimum absolute atomic E-state index is 0.0230. The van der Waals surface area contributed by atoms with Gasteiger partial charge < -0.3 is 14.9 Å². The number of fused-ring (bicyclic) bond motifs is 1. The summed E-state index contributed by atoms with van der Waals surface area (Å²) < 4.78 is 20.7. The van der Waals surface area contributed by atoms with E-state index in [2.05, 4.69) is 27.9 Å². The lowest BCUT2D eigenvalue weighted by molar-refractivity contribution is 0.0660. The van der Waals surface area contributed by atoms with Crippen LogP contribution in [0.3, 0.4) is 0 Å². The highest BCUT2D eigenvalue weighted by atomic mass is 19.1. The lowest BCUT2D eigenvalue weighted by Gasteiger charge is -2.18. The number of ether oxygens (including phenoxy) is 1. The molecule has 0 aromatic heterocycles. The first-order valence-corrected chi connectivity index (χ1v) is 11.2. The second kappa shape index (κ2) is 10.7. The Balaban J connectivity index is 1.42. The number of oxime groups is 1. The third-order valence-electron chi connectivity index (χ3n) is 6.03. The van der Waals surface area contributed by atoms with Gasteiger partial charge >= 0.3 is 0 Å². The molecule has 32 heavy (non-hydrogen) atoms. The van der Waals surface area contributed by atoms with Gasteiger partial charge in [0.25, 0.3) is 0 Å². The molecule has 1 aliphatic carbocycles. The van der Waals surface area contributed by atoms with Crippen LogP contribution in [0.4, 0.5) is 4.39 Å². The van der Waals surface area contributed by atoms with Crippen LogP contribution in [-0.4, -0.2) is 51.2 Å². The van der Waals surface area contributed by atoms with Gasteiger partial charge in [0.1, 0.15) is 12.9 Å². The standard InChI is InChI=1S/C25H29FN4O2/c1-31-30-25-8-6-19-11-17(5-7-23(19)25)18-3-4-20(24(26)13-18)12-21(14-27)29-16-22-15-28-9-2-10-32-22/h3-5,7,11,13,21-22,28-29H,2,6,8-10,12,15-16H2,1H3/b30-25+/t21-,22?/m0/s1. The summed E-state index contributed by atoms with van der Waals surface area (Å²) in [5.74, 6) is -0.293. The first-order valence-electron chi connectivity index (χ1n) is 11.2. The Morgan fingerprint density at radius 1 is 1.28 bits per heavy atom. The van der Waals surface area contributed by atoms with Crippen molar-refractivity contribution < 1.29 is 14.0 Å². The number of nitrogens with one attached hydrogen (secondary N) is 2. The summed E-state index contributed by atoms with van der Waals surface area (Å²) >= 11 is 0. The second-order valence-electron chi connectivity index (χ2n) is 8.24. The van der Waals surface area contributed by atoms with Crippen molar-refractivity contribution in [1.82, 2.24) is 10.6 Å². The highest BCUT2D eigenvalue weighted by Crippen LogP contribution is 2.29. The van der Waals surface area contributed by atoms with E-state index in [1.807, 2.05) is 18.2 Å². The molecule has 1 heterocycles. The minimum Gasteiger partial charge on any atom is -0.399 e. The van der Waals surface area contributed by atoms with E-state index < -0.39 is 6.04 Å². The van der Waals surface area contributed by atoms with Gasteiger partial charge in [-0.05, 0) is 54.1 Å². The summed E-state index contributed by atoms with van der Waals surface area (Å²) in [7, 11) is 1.55. The van der Waals surface area contributed by atoms with Crippen LogP contribution in [0.2, 0.25) is 0 Å². The molecule has 0 saturated carbocycles. The quantitative estimate of drug-likeness (QED) is 0.652. The minimum atomic E-state index is -0.472. The van der Waals surface area contributed by atoms with E-state index in [1.165, 1.54) is 5.56 Å². The molecule has 2 N–H and O–H groups in total. The first kappa shape index (κ1) is 22.4. The van der Waals surface area contributed by atoms with Gasteiger partial charge in [0.15, 0.2) is 0 Å². The van der Waals surface area contributed by atoms with Crippen molar-refractivity contribution >= 4 is 5.71 Å². The van der Waals surface area contributed by atoms with Crippen molar-refractivity contribution in [2.75, 3.05) is 33.4 Å². The highest BCUT2D eigenvalue weighted by molar-refractivity contribution is 6.04. The number of hydrogen-bond acceptors (Lipinski definition) is 6. The molecule has 7 heteroatoms. The molecule has 1 aliphatic heterocycles. The Bertz CT molecular complexity index is 1010. The molecule has 2 aromatic rings. The van der Waals surface area contributed by atoms with Gasteiger partial charge in [0, 0.05) is 31.7 Å². The zero-order chi connectivity index (χ0) is 22.3. The lowest BCUT2D eigenvalue weighted by Crippen LogP contribution is -2.40. The SMILES string of the molecule is CO/N=C1\CCc2cc(-c3ccc(C[C@@H](C#N)NCC4CNCCCO4)c(F)c3)ccc21. The van der Waals surface area contributed by atoms with Crippen molar-refractivity contribution in [2.24, 2.45) is 5.16 Å². The normalized spacial score (nSPS) is 20.4. The van der Waals surface area contributed by atoms with Gasteiger partial charge in [0.2, 0.25) is 0 Å². The molecule has 2 aromatic carbocycles. The Kier molecular flexibility index (Phi) is 7.48. The number of benzene rings is 2. The van der Waals surface area contributed by atoms with Gasteiger partial charge in [-0.2, -0.15) is 5.26 Å². The number of hydrogen-bond donors (Lipinski definition) is 2. The molecular formula is C25H29FN4O2. The zero-order valence-corrected chi connectivity index (χ0v) is 18.4. The van der Waals surface area contributed by atoms with Crippen molar-refractivity contribution in [3.05, 3.63) is 58.9 Å². The topological polar surface area (TPSA) is 78.7 Å². The van der Waals surface area contributed by atoms with E-state index >= 15 is 0 Å². The van der Waals surface area contributed by atoms with E-state index in [4.69, 9.17) is 9.57 Å². The smallest absolute Gasteiger partial charge is 0.127 e. The molecule has 0 amide bonds. The number of nitrogens with zero attached hydrogens (tertiary/aromatic N) is 2. The van der Waals surface area contributed by atoms with Crippen LogP contribution in [0.1, 0.15) is 29.5 Å². The van der Waals surface area contributed by atoms with E-state index in [9.17, 15) is 9.65 Å². The van der Waals surface area contributed by atoms with Gasteiger partial charge in [0.05, 0.1) is 23.9 Å². The molecule has 6 nitrogen and oxygen atoms in total. The van der Waals surface area contributed by atoms with Crippen molar-refractivity contribution in [2.45, 2.75) is 37.8 Å². The predicted molar refractivity (Wildman–Crippen MR) is 122 cm³/mol. The molecule has 2 atom stereocenters. The van der Waals surface area contributed by atoms with Crippen LogP contribution in [-0.2, 0) is 22.4 Å². The fourth-order valence-electron chi connectivity index (χ4n) is 4.30. The van der Waals surface area contributed by atoms with E-state index in [1.54, 1.807) is 19.2 Å². The molecule has 1 fully saturated rings. The fourth-order valence-corrected chi connectivity index (χ4v) is 4.30. The van der Waals surface area contributed by atoms with Crippen molar-refractivity contribution in [3.8, 4) is 17.2 Å². The number of nitriles is 1. The largest absolute Gasteiger partial charge is 0.399 e. The molecule has 1 saturated heterocycles. The average molecular weight is 437 g/mol. The van der Waals surface area contributed by atoms with Gasteiger partial charge in [-0.3, -0.25) is 5.32 Å². The first-order chi connectivity index (χ1) is 15.7. The molecule has 1 unspecified atom stereocenters. The zero-order valence-electron chi connectivity index (χ0n) is 18.4. The summed E-state index contributed by atoms with van der Waals surface area (Å²) in [6.07, 6.45) is 3.08. The number of aryl methyl sites for hydroxylation is 1. The number of halogens is 1. The summed E-state index contributed by atoms with van der Waals surface area (Å²) in [6.45, 7) is 2.99. The highest BCUT2D eigenvalue weighted by Gasteiger charge is 2.20. The monoisotopic (exact) mass is 436 g/mol. The van der Waals surface area contributed by atoms with Crippen LogP contribution < -0.4 is 10.6 Å². The average Bonchev–Trinajstić information content (AvgIpc) is 3.02. The predicted octanol–water partition coefficient (Wildman–Crippen LogP) is 3.19. The van der Waals surface area contributed by atoms with E-state index in [-0.39, 0.29) is 11.9 Å². The maximum Gasteiger partial charge on any atom is 0.127 e. The second-order valence-corrected chi connectivity index (χ2v) is 8.24. The van der Waals surface area contributed by atoms with Crippen LogP contribution in [0.25, 0.3) is 11.1 Å². The Hall–Kier alpha value is -2.79. The number of rotatable bonds is 7. The van der Waals surface area contributed by atoms with Crippen LogP contribution in [0.5, 0.6) is 0 Å². The van der Waals surface area contributed by atoms with Crippen molar-refractivity contribution in [1.29, 1.82) is 5.26 Å². The maximum atomic E-state index is 14.9. The lowest BCUT2D eigenvalue weighted by atomic mass is 9.97. The third-order valence-corrected chi connectivity index (χ3v) is 6.03. The van der Waals surface area contributed by atoms with Crippen LogP contribution in [0.15, 0.2) is 41.6 Å². The Morgan fingerprint density at radius 3 is 2.94 bits per heavy atom. The summed E-state index contributed by atoms with van der Waals surface area (Å²) in [5, 5.41) is 20.2. The summed E-state index contributed by atoms with van der Waals surface area (Å²) in [5.41, 5.74) is 5.58. The molecule has 2 aliphatic rings. The van der Waals surface area contributed by atoms with Gasteiger partial charge in [-0.15, -0.1) is 0 Å². The molecule has 0 radical (unpaired) electrons. The Labute approximate surface area is 188 Å². The van der Waals surface area contributed by atoms with Crippen LogP contribution in [0, 0.1) is 17.1 Å². The summed E-state index contributed by atoms with van der Waals surface area (Å²) in [4.78, 5) is 4.92. The fraction of sp³-hybridized carbons (Fsp3) is 0.440. The molecular weight excluding hydrogens is 407 g/mol. The van der Waals surface area contributed by atoms with Gasteiger partial charge in [-0.25, -0.2) is 4.39 Å². The molecule has 0 bridgehead atoms. The molecule has 4 rings (SSSR count). The molecule has 168 valence electrons. The Morgan fingerprint density at radius 2 is 2.12 bits per heavy atom. The van der Waals surface area contributed by atoms with Crippen molar-refractivity contribution in [3.63, 3.8) is 0 Å². The van der Waals surface area contributed by atoms with E-state index in [0.29, 0.717) is 18.5 Å². The molecule has 0 spiro atoms.